The molecule has 0 aliphatic heterocycles. The van der Waals surface area contributed by atoms with E-state index in [0.717, 1.165) is 11.1 Å². The summed E-state index contributed by atoms with van der Waals surface area (Å²) in [6.07, 6.45) is 3.37. The number of anilines is 1. The molecule has 2 aromatic rings. The normalized spacial score (nSPS) is 10.5. The number of benzene rings is 1. The number of nitrogens with one attached hydrogen (secondary N) is 1. The van der Waals surface area contributed by atoms with Gasteiger partial charge in [-0.1, -0.05) is 35.5 Å². The molecule has 0 aliphatic carbocycles. The topological polar surface area (TPSA) is 59.8 Å². The fourth-order valence-electron chi connectivity index (χ4n) is 2.00. The molecule has 1 aromatic heterocycles. The Kier molecular flexibility index (Phi) is 5.63. The highest BCUT2D eigenvalue weighted by atomic mass is 35.5. The summed E-state index contributed by atoms with van der Waals surface area (Å²) in [5.41, 5.74) is 2.66. The summed E-state index contributed by atoms with van der Waals surface area (Å²) in [5.74, 6) is 0.103. The Morgan fingerprint density at radius 1 is 1.50 bits per heavy atom. The van der Waals surface area contributed by atoms with Crippen LogP contribution in [0.1, 0.15) is 11.1 Å². The molecule has 5 nitrogen and oxygen atoms in total. The second-order valence-electron chi connectivity index (χ2n) is 4.83. The fraction of sp³-hybridized carbons (Fsp3) is 0.267. The monoisotopic (exact) mass is 336 g/mol. The minimum absolute atomic E-state index is 0.132. The second-order valence-corrected chi connectivity index (χ2v) is 6.18. The summed E-state index contributed by atoms with van der Waals surface area (Å²) < 4.78 is 1.83. The number of hydrogen-bond donors (Lipinski definition) is 1. The number of halogens is 1. The maximum atomic E-state index is 12.1. The number of amides is 1. The third-order valence-electron chi connectivity index (χ3n) is 2.93. The molecule has 2 rings (SSSR count). The van der Waals surface area contributed by atoms with E-state index in [0.29, 0.717) is 22.4 Å². The Morgan fingerprint density at radius 3 is 2.95 bits per heavy atom. The molecular formula is C15H17ClN4OS. The molecule has 1 amide bonds. The minimum atomic E-state index is -0.132. The molecule has 7 heteroatoms. The summed E-state index contributed by atoms with van der Waals surface area (Å²) in [4.78, 5) is 12.1. The van der Waals surface area contributed by atoms with E-state index >= 15 is 0 Å². The number of carbonyl (C=O) groups is 1. The van der Waals surface area contributed by atoms with Gasteiger partial charge in [-0.15, -0.1) is 16.8 Å². The van der Waals surface area contributed by atoms with Crippen molar-refractivity contribution in [1.29, 1.82) is 0 Å². The molecule has 0 saturated heterocycles. The second kappa shape index (κ2) is 7.47. The Labute approximate surface area is 138 Å². The highest BCUT2D eigenvalue weighted by Gasteiger charge is 2.12. The van der Waals surface area contributed by atoms with Crippen LogP contribution in [0.5, 0.6) is 0 Å². The van der Waals surface area contributed by atoms with Crippen molar-refractivity contribution in [2.24, 2.45) is 0 Å². The molecular weight excluding hydrogens is 320 g/mol. The molecule has 1 heterocycles. The molecule has 22 heavy (non-hydrogen) atoms. The zero-order valence-corrected chi connectivity index (χ0v) is 14.0. The molecule has 116 valence electrons. The first-order valence-corrected chi connectivity index (χ1v) is 8.05. The standard InChI is InChI=1S/C15H17ClN4OS/c1-4-5-20-9-17-19-15(20)22-8-13(21)18-14-11(3)6-10(2)7-12(14)16/h4,6-7,9H,1,5,8H2,2-3H3,(H,18,21). The fourth-order valence-corrected chi connectivity index (χ4v) is 3.09. The van der Waals surface area contributed by atoms with Gasteiger partial charge in [-0.3, -0.25) is 4.79 Å². The lowest BCUT2D eigenvalue weighted by molar-refractivity contribution is -0.113. The lowest BCUT2D eigenvalue weighted by Crippen LogP contribution is -2.15. The van der Waals surface area contributed by atoms with Gasteiger partial charge in [0.25, 0.3) is 0 Å². The summed E-state index contributed by atoms with van der Waals surface area (Å²) >= 11 is 7.51. The number of carbonyl (C=O) groups excluding carboxylic acids is 1. The third kappa shape index (κ3) is 4.11. The van der Waals surface area contributed by atoms with Crippen LogP contribution in [-0.2, 0) is 11.3 Å². The van der Waals surface area contributed by atoms with Crippen molar-refractivity contribution in [3.05, 3.63) is 47.3 Å². The number of rotatable bonds is 6. The van der Waals surface area contributed by atoms with Gasteiger partial charge in [-0.25, -0.2) is 0 Å². The van der Waals surface area contributed by atoms with Gasteiger partial charge in [0, 0.05) is 6.54 Å². The summed E-state index contributed by atoms with van der Waals surface area (Å²) in [6, 6.07) is 3.81. The zero-order valence-electron chi connectivity index (χ0n) is 12.5. The lowest BCUT2D eigenvalue weighted by atomic mass is 10.1. The summed E-state index contributed by atoms with van der Waals surface area (Å²) in [5, 5.41) is 11.9. The van der Waals surface area contributed by atoms with Gasteiger partial charge < -0.3 is 9.88 Å². The van der Waals surface area contributed by atoms with Crippen LogP contribution < -0.4 is 5.32 Å². The van der Waals surface area contributed by atoms with Crippen LogP contribution in [0.4, 0.5) is 5.69 Å². The van der Waals surface area contributed by atoms with Gasteiger partial charge in [0.1, 0.15) is 6.33 Å². The summed E-state index contributed by atoms with van der Waals surface area (Å²) in [7, 11) is 0. The van der Waals surface area contributed by atoms with Gasteiger partial charge in [-0.05, 0) is 31.0 Å². The maximum Gasteiger partial charge on any atom is 0.234 e. The highest BCUT2D eigenvalue weighted by Crippen LogP contribution is 2.27. The first kappa shape index (κ1) is 16.6. The van der Waals surface area contributed by atoms with Crippen molar-refractivity contribution in [1.82, 2.24) is 14.8 Å². The number of thioether (sulfide) groups is 1. The minimum Gasteiger partial charge on any atom is -0.324 e. The first-order valence-electron chi connectivity index (χ1n) is 6.69. The largest absolute Gasteiger partial charge is 0.324 e. The summed E-state index contributed by atoms with van der Waals surface area (Å²) in [6.45, 7) is 8.17. The van der Waals surface area contributed by atoms with Crippen LogP contribution in [0, 0.1) is 13.8 Å². The van der Waals surface area contributed by atoms with Crippen LogP contribution in [-0.4, -0.2) is 26.4 Å². The van der Waals surface area contributed by atoms with Crippen LogP contribution in [0.3, 0.4) is 0 Å². The van der Waals surface area contributed by atoms with Gasteiger partial charge in [0.15, 0.2) is 5.16 Å². The van der Waals surface area contributed by atoms with Crippen molar-refractivity contribution in [3.63, 3.8) is 0 Å². The van der Waals surface area contributed by atoms with Crippen LogP contribution in [0.15, 0.2) is 36.3 Å². The van der Waals surface area contributed by atoms with E-state index in [-0.39, 0.29) is 11.7 Å². The molecule has 0 atom stereocenters. The lowest BCUT2D eigenvalue weighted by Gasteiger charge is -2.11. The quantitative estimate of drug-likeness (QED) is 0.648. The van der Waals surface area contributed by atoms with Crippen molar-refractivity contribution in [2.45, 2.75) is 25.5 Å². The number of hydrogen-bond acceptors (Lipinski definition) is 4. The molecule has 0 radical (unpaired) electrons. The molecule has 0 spiro atoms. The van der Waals surface area contributed by atoms with Gasteiger partial charge in [0.2, 0.25) is 5.91 Å². The van der Waals surface area contributed by atoms with Gasteiger partial charge >= 0.3 is 0 Å². The molecule has 0 saturated carbocycles. The third-order valence-corrected chi connectivity index (χ3v) is 4.21. The van der Waals surface area contributed by atoms with Crippen molar-refractivity contribution in [2.75, 3.05) is 11.1 Å². The van der Waals surface area contributed by atoms with E-state index in [1.54, 1.807) is 12.4 Å². The van der Waals surface area contributed by atoms with E-state index in [1.807, 2.05) is 30.5 Å². The number of aryl methyl sites for hydroxylation is 2. The number of aromatic nitrogens is 3. The van der Waals surface area contributed by atoms with E-state index in [4.69, 9.17) is 11.6 Å². The van der Waals surface area contributed by atoms with Gasteiger partial charge in [0.05, 0.1) is 16.5 Å². The number of nitrogens with zero attached hydrogens (tertiary/aromatic N) is 3. The van der Waals surface area contributed by atoms with E-state index < -0.39 is 0 Å². The molecule has 1 N–H and O–H groups in total. The SMILES string of the molecule is C=CCn1cnnc1SCC(=O)Nc1c(C)cc(C)cc1Cl. The predicted octanol–water partition coefficient (Wildman–Crippen LogP) is 3.47. The average Bonchev–Trinajstić information content (AvgIpc) is 2.88. The zero-order chi connectivity index (χ0) is 16.1. The van der Waals surface area contributed by atoms with Crippen molar-refractivity contribution < 1.29 is 4.79 Å². The molecule has 0 aliphatic rings. The number of allylic oxidation sites excluding steroid dienone is 1. The van der Waals surface area contributed by atoms with Crippen LogP contribution in [0.2, 0.25) is 5.02 Å². The van der Waals surface area contributed by atoms with Gasteiger partial charge in [-0.2, -0.15) is 0 Å². The van der Waals surface area contributed by atoms with E-state index in [9.17, 15) is 4.79 Å². The predicted molar refractivity (Wildman–Crippen MR) is 90.5 cm³/mol. The van der Waals surface area contributed by atoms with Crippen LogP contribution in [0.25, 0.3) is 0 Å². The van der Waals surface area contributed by atoms with Crippen LogP contribution >= 0.6 is 23.4 Å². The Morgan fingerprint density at radius 2 is 2.27 bits per heavy atom. The maximum absolute atomic E-state index is 12.1. The first-order chi connectivity index (χ1) is 10.5. The van der Waals surface area contributed by atoms with Crippen molar-refractivity contribution in [3.8, 4) is 0 Å². The Hall–Kier alpha value is -1.79. The average molecular weight is 337 g/mol. The Balaban J connectivity index is 1.99. The molecule has 0 fully saturated rings. The van der Waals surface area contributed by atoms with E-state index in [1.165, 1.54) is 11.8 Å². The Bertz CT molecular complexity index is 676. The molecule has 0 bridgehead atoms. The highest BCUT2D eigenvalue weighted by molar-refractivity contribution is 7.99. The molecule has 0 unspecified atom stereocenters. The molecule has 1 aromatic carbocycles. The van der Waals surface area contributed by atoms with Crippen molar-refractivity contribution >= 4 is 35.0 Å². The smallest absolute Gasteiger partial charge is 0.234 e. The van der Waals surface area contributed by atoms with E-state index in [2.05, 4.69) is 22.1 Å².